The van der Waals surface area contributed by atoms with Crippen LogP contribution in [-0.4, -0.2) is 22.5 Å². The molecule has 0 saturated carbocycles. The molecule has 0 fully saturated rings. The monoisotopic (exact) mass is 231 g/mol. The standard InChI is InChI=1S/C13H17N3O/c1-9-4-5-13(17-3)12(6-9)10(2)7-11-8-14-16-15-11/h4-6,8,10H,7H2,1-3H3,(H,14,15,16). The third-order valence-corrected chi connectivity index (χ3v) is 2.90. The predicted molar refractivity (Wildman–Crippen MR) is 66.2 cm³/mol. The van der Waals surface area contributed by atoms with E-state index in [0.29, 0.717) is 5.92 Å². The van der Waals surface area contributed by atoms with Crippen molar-refractivity contribution in [2.24, 2.45) is 0 Å². The first-order valence-electron chi connectivity index (χ1n) is 5.70. The van der Waals surface area contributed by atoms with Crippen molar-refractivity contribution < 1.29 is 4.74 Å². The normalized spacial score (nSPS) is 12.4. The van der Waals surface area contributed by atoms with Crippen molar-refractivity contribution in [3.05, 3.63) is 41.2 Å². The van der Waals surface area contributed by atoms with Crippen LogP contribution in [-0.2, 0) is 6.42 Å². The summed E-state index contributed by atoms with van der Waals surface area (Å²) in [5, 5.41) is 10.5. The second-order valence-electron chi connectivity index (χ2n) is 4.31. The number of nitrogens with zero attached hydrogens (tertiary/aromatic N) is 2. The van der Waals surface area contributed by atoms with Crippen LogP contribution in [0.3, 0.4) is 0 Å². The molecule has 2 rings (SSSR count). The molecule has 4 nitrogen and oxygen atoms in total. The van der Waals surface area contributed by atoms with Crippen LogP contribution < -0.4 is 4.74 Å². The molecule has 0 spiro atoms. The summed E-state index contributed by atoms with van der Waals surface area (Å²) in [6.45, 7) is 4.26. The van der Waals surface area contributed by atoms with Crippen LogP contribution in [0.4, 0.5) is 0 Å². The predicted octanol–water partition coefficient (Wildman–Crippen LogP) is 2.47. The van der Waals surface area contributed by atoms with Gasteiger partial charge in [-0.1, -0.05) is 24.6 Å². The van der Waals surface area contributed by atoms with Crippen molar-refractivity contribution in [1.82, 2.24) is 15.4 Å². The molecule has 1 unspecified atom stereocenters. The number of aromatic nitrogens is 3. The molecule has 0 saturated heterocycles. The summed E-state index contributed by atoms with van der Waals surface area (Å²) in [7, 11) is 1.71. The molecule has 2 aromatic rings. The lowest BCUT2D eigenvalue weighted by Gasteiger charge is -2.15. The molecule has 1 heterocycles. The fourth-order valence-electron chi connectivity index (χ4n) is 1.99. The molecule has 4 heteroatoms. The van der Waals surface area contributed by atoms with Gasteiger partial charge in [-0.05, 0) is 30.9 Å². The van der Waals surface area contributed by atoms with Crippen LogP contribution in [0.15, 0.2) is 24.4 Å². The number of ether oxygens (including phenoxy) is 1. The zero-order valence-electron chi connectivity index (χ0n) is 10.4. The molecule has 0 aliphatic carbocycles. The van der Waals surface area contributed by atoms with Crippen LogP contribution in [0.5, 0.6) is 5.75 Å². The van der Waals surface area contributed by atoms with E-state index in [1.54, 1.807) is 13.3 Å². The van der Waals surface area contributed by atoms with Gasteiger partial charge in [0.2, 0.25) is 0 Å². The van der Waals surface area contributed by atoms with Crippen LogP contribution in [0.1, 0.15) is 29.7 Å². The van der Waals surface area contributed by atoms with E-state index in [-0.39, 0.29) is 0 Å². The van der Waals surface area contributed by atoms with Crippen LogP contribution in [0.25, 0.3) is 0 Å². The number of rotatable bonds is 4. The minimum absolute atomic E-state index is 0.356. The highest BCUT2D eigenvalue weighted by Crippen LogP contribution is 2.29. The molecule has 0 radical (unpaired) electrons. The quantitative estimate of drug-likeness (QED) is 0.879. The Morgan fingerprint density at radius 3 is 2.88 bits per heavy atom. The van der Waals surface area contributed by atoms with Crippen molar-refractivity contribution in [2.45, 2.75) is 26.2 Å². The van der Waals surface area contributed by atoms with Gasteiger partial charge in [0.1, 0.15) is 5.75 Å². The highest BCUT2D eigenvalue weighted by atomic mass is 16.5. The van der Waals surface area contributed by atoms with E-state index in [0.717, 1.165) is 17.9 Å². The molecule has 0 aliphatic heterocycles. The zero-order chi connectivity index (χ0) is 12.3. The Balaban J connectivity index is 2.23. The maximum atomic E-state index is 5.40. The highest BCUT2D eigenvalue weighted by Gasteiger charge is 2.13. The van der Waals surface area contributed by atoms with Gasteiger partial charge in [-0.3, -0.25) is 0 Å². The number of nitrogens with one attached hydrogen (secondary N) is 1. The van der Waals surface area contributed by atoms with Crippen molar-refractivity contribution in [3.8, 4) is 5.75 Å². The van der Waals surface area contributed by atoms with Crippen molar-refractivity contribution >= 4 is 0 Å². The van der Waals surface area contributed by atoms with Gasteiger partial charge in [-0.15, -0.1) is 0 Å². The largest absolute Gasteiger partial charge is 0.496 e. The molecule has 0 amide bonds. The van der Waals surface area contributed by atoms with Crippen LogP contribution in [0, 0.1) is 6.92 Å². The van der Waals surface area contributed by atoms with E-state index in [9.17, 15) is 0 Å². The SMILES string of the molecule is COc1ccc(C)cc1C(C)Cc1cn[nH]n1. The summed E-state index contributed by atoms with van der Waals surface area (Å²) >= 11 is 0. The van der Waals surface area contributed by atoms with Gasteiger partial charge in [0, 0.05) is 0 Å². The molecule has 1 aromatic carbocycles. The Morgan fingerprint density at radius 1 is 1.41 bits per heavy atom. The Labute approximate surface area is 101 Å². The Bertz CT molecular complexity index is 479. The summed E-state index contributed by atoms with van der Waals surface area (Å²) in [6.07, 6.45) is 2.62. The third kappa shape index (κ3) is 2.64. The molecule has 17 heavy (non-hydrogen) atoms. The second kappa shape index (κ2) is 4.99. The van der Waals surface area contributed by atoms with E-state index in [1.807, 2.05) is 6.07 Å². The van der Waals surface area contributed by atoms with E-state index < -0.39 is 0 Å². The first-order valence-corrected chi connectivity index (χ1v) is 5.70. The van der Waals surface area contributed by atoms with Gasteiger partial charge < -0.3 is 4.74 Å². The van der Waals surface area contributed by atoms with Gasteiger partial charge in [0.15, 0.2) is 0 Å². The fourth-order valence-corrected chi connectivity index (χ4v) is 1.99. The summed E-state index contributed by atoms with van der Waals surface area (Å²) in [5.74, 6) is 1.29. The number of hydrogen-bond acceptors (Lipinski definition) is 3. The second-order valence-corrected chi connectivity index (χ2v) is 4.31. The van der Waals surface area contributed by atoms with Crippen molar-refractivity contribution in [3.63, 3.8) is 0 Å². The van der Waals surface area contributed by atoms with E-state index in [4.69, 9.17) is 4.74 Å². The fraction of sp³-hybridized carbons (Fsp3) is 0.385. The number of aryl methyl sites for hydroxylation is 1. The van der Waals surface area contributed by atoms with E-state index >= 15 is 0 Å². The maximum absolute atomic E-state index is 5.40. The molecule has 0 aliphatic rings. The molecule has 1 N–H and O–H groups in total. The number of benzene rings is 1. The van der Waals surface area contributed by atoms with Gasteiger partial charge in [-0.25, -0.2) is 0 Å². The summed E-state index contributed by atoms with van der Waals surface area (Å²) in [6, 6.07) is 6.25. The molecular formula is C13H17N3O. The van der Waals surface area contributed by atoms with Gasteiger partial charge in [0.25, 0.3) is 0 Å². The maximum Gasteiger partial charge on any atom is 0.122 e. The number of H-pyrrole nitrogens is 1. The third-order valence-electron chi connectivity index (χ3n) is 2.90. The first kappa shape index (κ1) is 11.6. The average molecular weight is 231 g/mol. The summed E-state index contributed by atoms with van der Waals surface area (Å²) in [4.78, 5) is 0. The first-order chi connectivity index (χ1) is 8.20. The van der Waals surface area contributed by atoms with Gasteiger partial charge >= 0.3 is 0 Å². The average Bonchev–Trinajstić information content (AvgIpc) is 2.81. The Kier molecular flexibility index (Phi) is 3.42. The van der Waals surface area contributed by atoms with Gasteiger partial charge in [-0.2, -0.15) is 15.4 Å². The molecule has 1 atom stereocenters. The molecule has 90 valence electrons. The lowest BCUT2D eigenvalue weighted by Crippen LogP contribution is -2.02. The molecular weight excluding hydrogens is 214 g/mol. The summed E-state index contributed by atoms with van der Waals surface area (Å²) < 4.78 is 5.40. The van der Waals surface area contributed by atoms with Crippen LogP contribution in [0.2, 0.25) is 0 Å². The number of methoxy groups -OCH3 is 1. The lowest BCUT2D eigenvalue weighted by atomic mass is 9.94. The zero-order valence-corrected chi connectivity index (χ0v) is 10.4. The van der Waals surface area contributed by atoms with Crippen LogP contribution >= 0.6 is 0 Å². The van der Waals surface area contributed by atoms with E-state index in [1.165, 1.54) is 11.1 Å². The smallest absolute Gasteiger partial charge is 0.122 e. The lowest BCUT2D eigenvalue weighted by molar-refractivity contribution is 0.406. The Hall–Kier alpha value is -1.84. The summed E-state index contributed by atoms with van der Waals surface area (Å²) in [5.41, 5.74) is 3.43. The number of hydrogen-bond donors (Lipinski definition) is 1. The Morgan fingerprint density at radius 2 is 2.24 bits per heavy atom. The molecule has 1 aromatic heterocycles. The van der Waals surface area contributed by atoms with Crippen molar-refractivity contribution in [1.29, 1.82) is 0 Å². The van der Waals surface area contributed by atoms with Crippen molar-refractivity contribution in [2.75, 3.05) is 7.11 Å². The molecule has 0 bridgehead atoms. The van der Waals surface area contributed by atoms with Gasteiger partial charge in [0.05, 0.1) is 19.0 Å². The topological polar surface area (TPSA) is 50.8 Å². The minimum atomic E-state index is 0.356. The number of aromatic amines is 1. The highest BCUT2D eigenvalue weighted by molar-refractivity contribution is 5.39. The minimum Gasteiger partial charge on any atom is -0.496 e. The van der Waals surface area contributed by atoms with E-state index in [2.05, 4.69) is 41.4 Å².